The second kappa shape index (κ2) is 8.39. The summed E-state index contributed by atoms with van der Waals surface area (Å²) in [6.07, 6.45) is -4.81. The van der Waals surface area contributed by atoms with Gasteiger partial charge in [0.1, 0.15) is 10.9 Å². The zero-order valence-electron chi connectivity index (χ0n) is 14.7. The Hall–Kier alpha value is -2.01. The summed E-state index contributed by atoms with van der Waals surface area (Å²) in [5.74, 6) is -1.22. The molecule has 12 heteroatoms. The van der Waals surface area contributed by atoms with Gasteiger partial charge in [0, 0.05) is 5.69 Å². The monoisotopic (exact) mass is 470 g/mol. The van der Waals surface area contributed by atoms with E-state index in [0.717, 1.165) is 0 Å². The lowest BCUT2D eigenvalue weighted by Crippen LogP contribution is -2.32. The zero-order chi connectivity index (χ0) is 22.1. The van der Waals surface area contributed by atoms with Gasteiger partial charge in [0.2, 0.25) is 0 Å². The van der Waals surface area contributed by atoms with Crippen LogP contribution in [0.25, 0.3) is 0 Å². The quantitative estimate of drug-likeness (QED) is 0.589. The first kappa shape index (κ1) is 23.3. The van der Waals surface area contributed by atoms with Crippen LogP contribution in [0.4, 0.5) is 18.9 Å². The minimum Gasteiger partial charge on any atom is -0.480 e. The van der Waals surface area contributed by atoms with Gasteiger partial charge in [-0.1, -0.05) is 29.3 Å². The van der Waals surface area contributed by atoms with E-state index in [-0.39, 0.29) is 12.1 Å². The molecule has 0 aliphatic heterocycles. The molecule has 2 aromatic carbocycles. The molecule has 0 aromatic heterocycles. The molecule has 0 saturated carbocycles. The van der Waals surface area contributed by atoms with Crippen LogP contribution >= 0.6 is 23.2 Å². The lowest BCUT2D eigenvalue weighted by Gasteiger charge is -2.15. The first-order valence-corrected chi connectivity index (χ1v) is 10.1. The second-order valence-corrected chi connectivity index (χ2v) is 8.60. The summed E-state index contributed by atoms with van der Waals surface area (Å²) >= 11 is 11.5. The number of benzene rings is 2. The molecule has 0 bridgehead atoms. The summed E-state index contributed by atoms with van der Waals surface area (Å²) in [6, 6.07) is 4.05. The van der Waals surface area contributed by atoms with Crippen molar-refractivity contribution in [3.63, 3.8) is 0 Å². The van der Waals surface area contributed by atoms with Gasteiger partial charge in [0.05, 0.1) is 15.6 Å². The Bertz CT molecular complexity index is 1040. The van der Waals surface area contributed by atoms with Gasteiger partial charge < -0.3 is 10.8 Å². The van der Waals surface area contributed by atoms with Gasteiger partial charge in [-0.2, -0.15) is 13.2 Å². The smallest absolute Gasteiger partial charge is 0.416 e. The summed E-state index contributed by atoms with van der Waals surface area (Å²) in [5, 5.41) is 7.54. The van der Waals surface area contributed by atoms with Gasteiger partial charge in [0.15, 0.2) is 0 Å². The fourth-order valence-electron chi connectivity index (χ4n) is 2.47. The molecule has 2 rings (SSSR count). The number of carbonyl (C=O) groups is 1. The van der Waals surface area contributed by atoms with Crippen molar-refractivity contribution >= 4 is 44.9 Å². The summed E-state index contributed by atoms with van der Waals surface area (Å²) < 4.78 is 66.0. The maximum absolute atomic E-state index is 12.8. The summed E-state index contributed by atoms with van der Waals surface area (Å²) in [4.78, 5) is 10.2. The molecule has 4 N–H and O–H groups in total. The van der Waals surface area contributed by atoms with Gasteiger partial charge in [0.25, 0.3) is 10.0 Å². The number of nitrogens with one attached hydrogen (secondary N) is 1. The SMILES string of the molecule is Cc1ccc(NS(=O)(=O)c2c(Cl)cc(C(F)(F)F)cc2Cl)cc1C[C@H](N)C(=O)O. The van der Waals surface area contributed by atoms with Crippen molar-refractivity contribution in [1.29, 1.82) is 0 Å². The minimum atomic E-state index is -4.75. The van der Waals surface area contributed by atoms with E-state index in [4.69, 9.17) is 34.0 Å². The van der Waals surface area contributed by atoms with Crippen molar-refractivity contribution < 1.29 is 31.5 Å². The number of hydrogen-bond donors (Lipinski definition) is 3. The Kier molecular flexibility index (Phi) is 6.73. The van der Waals surface area contributed by atoms with Crippen LogP contribution in [-0.2, 0) is 27.4 Å². The lowest BCUT2D eigenvalue weighted by molar-refractivity contribution is -0.139. The number of anilines is 1. The van der Waals surface area contributed by atoms with E-state index in [0.29, 0.717) is 23.3 Å². The van der Waals surface area contributed by atoms with Crippen molar-refractivity contribution in [1.82, 2.24) is 0 Å². The molecule has 158 valence electrons. The molecule has 0 heterocycles. The number of rotatable bonds is 6. The van der Waals surface area contributed by atoms with E-state index in [1.807, 2.05) is 0 Å². The second-order valence-electron chi connectivity index (χ2n) is 6.16. The largest absolute Gasteiger partial charge is 0.480 e. The average molecular weight is 471 g/mol. The molecule has 2 aromatic rings. The number of halogens is 5. The van der Waals surface area contributed by atoms with Crippen LogP contribution in [0.2, 0.25) is 10.0 Å². The predicted octanol–water partition coefficient (Wildman–Crippen LogP) is 4.08. The van der Waals surface area contributed by atoms with Gasteiger partial charge >= 0.3 is 12.1 Å². The minimum absolute atomic E-state index is 0.0372. The molecule has 0 aliphatic rings. The average Bonchev–Trinajstić information content (AvgIpc) is 2.55. The molecular weight excluding hydrogens is 456 g/mol. The summed E-state index contributed by atoms with van der Waals surface area (Å²) in [6.45, 7) is 1.69. The predicted molar refractivity (Wildman–Crippen MR) is 103 cm³/mol. The van der Waals surface area contributed by atoms with Crippen molar-refractivity contribution in [3.8, 4) is 0 Å². The molecule has 0 saturated heterocycles. The molecule has 0 aliphatic carbocycles. The van der Waals surface area contributed by atoms with Gasteiger partial charge in [-0.05, 0) is 48.7 Å². The number of aryl methyl sites for hydroxylation is 1. The molecule has 29 heavy (non-hydrogen) atoms. The van der Waals surface area contributed by atoms with Crippen molar-refractivity contribution in [2.24, 2.45) is 5.73 Å². The van der Waals surface area contributed by atoms with Crippen LogP contribution in [0, 0.1) is 6.92 Å². The van der Waals surface area contributed by atoms with Crippen LogP contribution in [0.3, 0.4) is 0 Å². The van der Waals surface area contributed by atoms with Crippen LogP contribution < -0.4 is 10.5 Å². The third-order valence-electron chi connectivity index (χ3n) is 3.95. The van der Waals surface area contributed by atoms with E-state index >= 15 is 0 Å². The Morgan fingerprint density at radius 3 is 2.24 bits per heavy atom. The summed E-state index contributed by atoms with van der Waals surface area (Å²) in [5.41, 5.74) is 5.51. The summed E-state index contributed by atoms with van der Waals surface area (Å²) in [7, 11) is -4.44. The Balaban J connectivity index is 2.41. The molecule has 0 fully saturated rings. The van der Waals surface area contributed by atoms with Crippen LogP contribution in [-0.4, -0.2) is 25.5 Å². The lowest BCUT2D eigenvalue weighted by atomic mass is 10.0. The number of carboxylic acids is 1. The molecule has 6 nitrogen and oxygen atoms in total. The highest BCUT2D eigenvalue weighted by Gasteiger charge is 2.34. The molecule has 1 atom stereocenters. The Labute approximate surface area is 174 Å². The van der Waals surface area contributed by atoms with E-state index in [1.54, 1.807) is 6.92 Å². The third kappa shape index (κ3) is 5.53. The van der Waals surface area contributed by atoms with E-state index in [1.165, 1.54) is 18.2 Å². The highest BCUT2D eigenvalue weighted by Crippen LogP contribution is 2.38. The number of aliphatic carboxylic acids is 1. The van der Waals surface area contributed by atoms with Gasteiger partial charge in [-0.15, -0.1) is 0 Å². The van der Waals surface area contributed by atoms with Crippen LogP contribution in [0.5, 0.6) is 0 Å². The first-order valence-electron chi connectivity index (χ1n) is 7.89. The van der Waals surface area contributed by atoms with E-state index < -0.39 is 48.7 Å². The fraction of sp³-hybridized carbons (Fsp3) is 0.235. The van der Waals surface area contributed by atoms with Gasteiger partial charge in [-0.25, -0.2) is 8.42 Å². The highest BCUT2D eigenvalue weighted by molar-refractivity contribution is 7.93. The van der Waals surface area contributed by atoms with Crippen molar-refractivity contribution in [2.75, 3.05) is 4.72 Å². The van der Waals surface area contributed by atoms with Crippen LogP contribution in [0.15, 0.2) is 35.2 Å². The third-order valence-corrected chi connectivity index (χ3v) is 6.25. The standard InChI is InChI=1S/C17H15Cl2F3N2O4S/c1-8-2-3-11(4-9(8)5-14(23)16(25)26)24-29(27,28)15-12(18)6-10(7-13(15)19)17(20,21)22/h2-4,6-7,14,24H,5,23H2,1H3,(H,25,26)/t14-/m0/s1. The molecule has 0 spiro atoms. The molecule has 0 amide bonds. The number of alkyl halides is 3. The topological polar surface area (TPSA) is 109 Å². The van der Waals surface area contributed by atoms with Crippen molar-refractivity contribution in [3.05, 3.63) is 57.1 Å². The molecular formula is C17H15Cl2F3N2O4S. The maximum atomic E-state index is 12.8. The molecule has 0 radical (unpaired) electrons. The number of sulfonamides is 1. The van der Waals surface area contributed by atoms with E-state index in [9.17, 15) is 26.4 Å². The zero-order valence-corrected chi connectivity index (χ0v) is 17.0. The number of nitrogens with two attached hydrogens (primary N) is 1. The maximum Gasteiger partial charge on any atom is 0.416 e. The number of hydrogen-bond acceptors (Lipinski definition) is 4. The Morgan fingerprint density at radius 2 is 1.76 bits per heavy atom. The molecule has 0 unspecified atom stereocenters. The number of carboxylic acid groups (broad SMARTS) is 1. The van der Waals surface area contributed by atoms with Crippen LogP contribution in [0.1, 0.15) is 16.7 Å². The Morgan fingerprint density at radius 1 is 1.21 bits per heavy atom. The van der Waals surface area contributed by atoms with Crippen molar-refractivity contribution in [2.45, 2.75) is 30.5 Å². The van der Waals surface area contributed by atoms with E-state index in [2.05, 4.69) is 4.72 Å². The fourth-order valence-corrected chi connectivity index (χ4v) is 4.73. The normalized spacial score (nSPS) is 13.2. The first-order chi connectivity index (χ1) is 13.2. The van der Waals surface area contributed by atoms with Gasteiger partial charge in [-0.3, -0.25) is 9.52 Å². The highest BCUT2D eigenvalue weighted by atomic mass is 35.5.